The highest BCUT2D eigenvalue weighted by atomic mass is 16.6. The molecule has 0 bridgehead atoms. The summed E-state index contributed by atoms with van der Waals surface area (Å²) in [7, 11) is 0. The van der Waals surface area contributed by atoms with Crippen LogP contribution in [0.2, 0.25) is 0 Å². The second kappa shape index (κ2) is 13.9. The number of carboxylic acids is 1. The van der Waals surface area contributed by atoms with E-state index in [1.807, 2.05) is 0 Å². The standard InChI is InChI=1S/C16H30O5/c1-3-4-5-6-7-8-9-10-12-20-13-11-15(16(18)19)21-14(2)17/h15H,3-13H2,1-2H3,(H,18,19)/t15-/m0/s1. The van der Waals surface area contributed by atoms with E-state index in [1.165, 1.54) is 45.4 Å². The van der Waals surface area contributed by atoms with Crippen molar-refractivity contribution in [2.75, 3.05) is 13.2 Å². The van der Waals surface area contributed by atoms with Gasteiger partial charge in [0.05, 0.1) is 6.61 Å². The van der Waals surface area contributed by atoms with Gasteiger partial charge in [0, 0.05) is 20.0 Å². The van der Waals surface area contributed by atoms with Crippen LogP contribution in [0.3, 0.4) is 0 Å². The molecule has 1 atom stereocenters. The Hall–Kier alpha value is -1.10. The zero-order chi connectivity index (χ0) is 15.9. The van der Waals surface area contributed by atoms with E-state index in [1.54, 1.807) is 0 Å². The monoisotopic (exact) mass is 302 g/mol. The van der Waals surface area contributed by atoms with Crippen LogP contribution in [0.25, 0.3) is 0 Å². The molecular weight excluding hydrogens is 272 g/mol. The molecule has 0 fully saturated rings. The van der Waals surface area contributed by atoms with Gasteiger partial charge >= 0.3 is 11.9 Å². The van der Waals surface area contributed by atoms with Gasteiger partial charge in [-0.2, -0.15) is 0 Å². The average molecular weight is 302 g/mol. The van der Waals surface area contributed by atoms with E-state index in [9.17, 15) is 9.59 Å². The van der Waals surface area contributed by atoms with Crippen LogP contribution in [0.5, 0.6) is 0 Å². The van der Waals surface area contributed by atoms with E-state index >= 15 is 0 Å². The molecule has 5 heteroatoms. The van der Waals surface area contributed by atoms with Gasteiger partial charge in [-0.25, -0.2) is 4.79 Å². The van der Waals surface area contributed by atoms with Gasteiger partial charge in [0.1, 0.15) is 0 Å². The number of aliphatic carboxylic acids is 1. The van der Waals surface area contributed by atoms with E-state index in [2.05, 4.69) is 11.7 Å². The Bertz CT molecular complexity index is 278. The molecule has 21 heavy (non-hydrogen) atoms. The third kappa shape index (κ3) is 13.6. The molecule has 0 aliphatic carbocycles. The van der Waals surface area contributed by atoms with Gasteiger partial charge in [0.2, 0.25) is 6.10 Å². The fourth-order valence-electron chi connectivity index (χ4n) is 2.06. The van der Waals surface area contributed by atoms with Crippen molar-refractivity contribution in [1.29, 1.82) is 0 Å². The molecule has 0 rings (SSSR count). The third-order valence-corrected chi connectivity index (χ3v) is 3.25. The number of ether oxygens (including phenoxy) is 2. The zero-order valence-electron chi connectivity index (χ0n) is 13.4. The van der Waals surface area contributed by atoms with Crippen LogP contribution in [-0.2, 0) is 19.1 Å². The summed E-state index contributed by atoms with van der Waals surface area (Å²) in [5.41, 5.74) is 0. The van der Waals surface area contributed by atoms with Gasteiger partial charge in [-0.1, -0.05) is 51.9 Å². The number of rotatable bonds is 14. The molecule has 0 saturated carbocycles. The Morgan fingerprint density at radius 2 is 1.52 bits per heavy atom. The van der Waals surface area contributed by atoms with E-state index in [-0.39, 0.29) is 6.42 Å². The minimum Gasteiger partial charge on any atom is -0.479 e. The first kappa shape index (κ1) is 19.9. The van der Waals surface area contributed by atoms with Crippen molar-refractivity contribution in [2.45, 2.75) is 77.7 Å². The number of esters is 1. The molecule has 0 aromatic carbocycles. The highest BCUT2D eigenvalue weighted by Gasteiger charge is 2.19. The zero-order valence-corrected chi connectivity index (χ0v) is 13.4. The van der Waals surface area contributed by atoms with Gasteiger partial charge in [0.15, 0.2) is 0 Å². The predicted octanol–water partition coefficient (Wildman–Crippen LogP) is 3.55. The molecule has 0 unspecified atom stereocenters. The van der Waals surface area contributed by atoms with Crippen molar-refractivity contribution in [3.63, 3.8) is 0 Å². The molecule has 0 heterocycles. The Balaban J connectivity index is 3.38. The molecule has 0 aliphatic rings. The third-order valence-electron chi connectivity index (χ3n) is 3.25. The Kier molecular flexibility index (Phi) is 13.1. The Morgan fingerprint density at radius 1 is 0.952 bits per heavy atom. The second-order valence-electron chi connectivity index (χ2n) is 5.31. The summed E-state index contributed by atoms with van der Waals surface area (Å²) in [4.78, 5) is 21.5. The van der Waals surface area contributed by atoms with Crippen molar-refractivity contribution in [1.82, 2.24) is 0 Å². The first-order valence-corrected chi connectivity index (χ1v) is 8.05. The summed E-state index contributed by atoms with van der Waals surface area (Å²) in [5, 5.41) is 8.85. The molecule has 0 aromatic heterocycles. The quantitative estimate of drug-likeness (QED) is 0.392. The second-order valence-corrected chi connectivity index (χ2v) is 5.31. The molecule has 0 spiro atoms. The summed E-state index contributed by atoms with van der Waals surface area (Å²) < 4.78 is 10.1. The lowest BCUT2D eigenvalue weighted by Gasteiger charge is -2.12. The molecule has 0 radical (unpaired) electrons. The van der Waals surface area contributed by atoms with E-state index in [0.29, 0.717) is 13.2 Å². The Morgan fingerprint density at radius 3 is 2.05 bits per heavy atom. The van der Waals surface area contributed by atoms with Crippen molar-refractivity contribution in [3.8, 4) is 0 Å². The maximum Gasteiger partial charge on any atom is 0.345 e. The first-order chi connectivity index (χ1) is 10.1. The van der Waals surface area contributed by atoms with E-state index < -0.39 is 18.0 Å². The van der Waals surface area contributed by atoms with Crippen molar-refractivity contribution < 1.29 is 24.2 Å². The fraction of sp³-hybridized carbons (Fsp3) is 0.875. The number of unbranched alkanes of at least 4 members (excludes halogenated alkanes) is 7. The van der Waals surface area contributed by atoms with Gasteiger partial charge < -0.3 is 14.6 Å². The largest absolute Gasteiger partial charge is 0.479 e. The highest BCUT2D eigenvalue weighted by Crippen LogP contribution is 2.08. The van der Waals surface area contributed by atoms with Crippen LogP contribution in [0.15, 0.2) is 0 Å². The molecule has 0 amide bonds. The Labute approximate surface area is 128 Å². The normalized spacial score (nSPS) is 12.1. The topological polar surface area (TPSA) is 72.8 Å². The van der Waals surface area contributed by atoms with Gasteiger partial charge in [-0.05, 0) is 6.42 Å². The summed E-state index contributed by atoms with van der Waals surface area (Å²) >= 11 is 0. The van der Waals surface area contributed by atoms with Crippen molar-refractivity contribution in [2.24, 2.45) is 0 Å². The highest BCUT2D eigenvalue weighted by molar-refractivity contribution is 5.76. The van der Waals surface area contributed by atoms with Crippen molar-refractivity contribution >= 4 is 11.9 Å². The van der Waals surface area contributed by atoms with Gasteiger partial charge in [-0.15, -0.1) is 0 Å². The van der Waals surface area contributed by atoms with Gasteiger partial charge in [0.25, 0.3) is 0 Å². The lowest BCUT2D eigenvalue weighted by Crippen LogP contribution is -2.27. The van der Waals surface area contributed by atoms with Crippen LogP contribution >= 0.6 is 0 Å². The summed E-state index contributed by atoms with van der Waals surface area (Å²) in [5.74, 6) is -1.70. The maximum absolute atomic E-state index is 10.8. The molecular formula is C16H30O5. The molecule has 0 aliphatic heterocycles. The van der Waals surface area contributed by atoms with Crippen LogP contribution in [-0.4, -0.2) is 36.4 Å². The number of hydrogen-bond acceptors (Lipinski definition) is 4. The molecule has 0 aromatic rings. The van der Waals surface area contributed by atoms with E-state index in [0.717, 1.165) is 12.8 Å². The minimum atomic E-state index is -1.12. The summed E-state index contributed by atoms with van der Waals surface area (Å²) in [6, 6.07) is 0. The van der Waals surface area contributed by atoms with Gasteiger partial charge in [-0.3, -0.25) is 4.79 Å². The van der Waals surface area contributed by atoms with Crippen LogP contribution in [0, 0.1) is 0 Å². The van der Waals surface area contributed by atoms with Crippen LogP contribution in [0.4, 0.5) is 0 Å². The van der Waals surface area contributed by atoms with Crippen molar-refractivity contribution in [3.05, 3.63) is 0 Å². The fourth-order valence-corrected chi connectivity index (χ4v) is 2.06. The van der Waals surface area contributed by atoms with Crippen LogP contribution in [0.1, 0.15) is 71.6 Å². The van der Waals surface area contributed by atoms with E-state index in [4.69, 9.17) is 9.84 Å². The maximum atomic E-state index is 10.8. The lowest BCUT2D eigenvalue weighted by atomic mass is 10.1. The molecule has 124 valence electrons. The summed E-state index contributed by atoms with van der Waals surface area (Å²) in [6.07, 6.45) is 9.03. The molecule has 5 nitrogen and oxygen atoms in total. The average Bonchev–Trinajstić information content (AvgIpc) is 2.42. The number of hydrogen-bond donors (Lipinski definition) is 1. The SMILES string of the molecule is CCCCCCCCCCOCC[C@H](OC(C)=O)C(=O)O. The predicted molar refractivity (Wildman–Crippen MR) is 81.2 cm³/mol. The molecule has 1 N–H and O–H groups in total. The number of carbonyl (C=O) groups is 2. The number of carboxylic acid groups (broad SMARTS) is 1. The minimum absolute atomic E-state index is 0.200. The number of carbonyl (C=O) groups excluding carboxylic acids is 1. The first-order valence-electron chi connectivity index (χ1n) is 8.05. The lowest BCUT2D eigenvalue weighted by molar-refractivity contribution is -0.163. The summed E-state index contributed by atoms with van der Waals surface area (Å²) in [6.45, 7) is 4.37. The smallest absolute Gasteiger partial charge is 0.345 e. The molecule has 0 saturated heterocycles. The van der Waals surface area contributed by atoms with Crippen LogP contribution < -0.4 is 0 Å².